The van der Waals surface area contributed by atoms with Crippen LogP contribution in [0.1, 0.15) is 75.5 Å². The maximum atomic E-state index is 13.6. The number of nitrogens with zero attached hydrogens (tertiary/aromatic N) is 8. The Morgan fingerprint density at radius 2 is 1.87 bits per heavy atom. The molecule has 12 nitrogen and oxygen atoms in total. The van der Waals surface area contributed by atoms with Gasteiger partial charge in [-0.2, -0.15) is 28.5 Å². The lowest BCUT2D eigenvalue weighted by Gasteiger charge is -2.53. The minimum atomic E-state index is -4.67. The highest BCUT2D eigenvalue weighted by Crippen LogP contribution is 2.38. The Labute approximate surface area is 304 Å². The number of aromatic nitrogens is 5. The number of fused-ring (bicyclic) bond motifs is 1. The predicted octanol–water partition coefficient (Wildman–Crippen LogP) is 6.23. The quantitative estimate of drug-likeness (QED) is 0.155. The molecule has 0 radical (unpaired) electrons. The van der Waals surface area contributed by atoms with Gasteiger partial charge in [0.1, 0.15) is 30.9 Å². The Bertz CT molecular complexity index is 1770. The highest BCUT2D eigenvalue weighted by Gasteiger charge is 2.48. The van der Waals surface area contributed by atoms with Crippen LogP contribution in [0.25, 0.3) is 0 Å². The topological polar surface area (TPSA) is 130 Å². The van der Waals surface area contributed by atoms with Crippen molar-refractivity contribution in [2.45, 2.75) is 121 Å². The van der Waals surface area contributed by atoms with Crippen LogP contribution < -0.4 is 15.4 Å². The van der Waals surface area contributed by atoms with E-state index in [9.17, 15) is 18.4 Å². The zero-order chi connectivity index (χ0) is 37.3. The van der Waals surface area contributed by atoms with E-state index in [1.807, 2.05) is 44.0 Å². The summed E-state index contributed by atoms with van der Waals surface area (Å²) >= 11 is 0. The Morgan fingerprint density at radius 3 is 2.54 bits per heavy atom. The van der Waals surface area contributed by atoms with Crippen LogP contribution in [-0.2, 0) is 29.7 Å². The lowest BCUT2D eigenvalue weighted by Crippen LogP contribution is -2.65. The van der Waals surface area contributed by atoms with Crippen LogP contribution >= 0.6 is 0 Å². The van der Waals surface area contributed by atoms with Gasteiger partial charge in [0.15, 0.2) is 0 Å². The summed E-state index contributed by atoms with van der Waals surface area (Å²) in [5.41, 5.74) is 2.28. The van der Waals surface area contributed by atoms with Crippen molar-refractivity contribution in [3.8, 4) is 11.9 Å². The Kier molecular flexibility index (Phi) is 10.9. The Balaban J connectivity index is 1.05. The number of nitrogens with one attached hydrogen (secondary N) is 2. The highest BCUT2D eigenvalue weighted by atomic mass is 28.3. The van der Waals surface area contributed by atoms with Crippen molar-refractivity contribution >= 4 is 19.6 Å². The molecule has 52 heavy (non-hydrogen) atoms. The van der Waals surface area contributed by atoms with Crippen LogP contribution in [0.4, 0.5) is 19.0 Å². The molecular weight excluding hydrogens is 690 g/mol. The number of likely N-dealkylation sites (tertiary alicyclic amines) is 1. The third-order valence-corrected chi connectivity index (χ3v) is 11.6. The average Bonchev–Trinajstić information content (AvgIpc) is 3.71. The lowest BCUT2D eigenvalue weighted by molar-refractivity contribution is -0.145. The Hall–Kier alpha value is -3.78. The van der Waals surface area contributed by atoms with Gasteiger partial charge in [0.05, 0.1) is 30.1 Å². The fourth-order valence-corrected chi connectivity index (χ4v) is 7.75. The summed E-state index contributed by atoms with van der Waals surface area (Å²) < 4.78 is 56.9. The number of halogens is 3. The van der Waals surface area contributed by atoms with E-state index in [2.05, 4.69) is 61.8 Å². The normalized spacial score (nSPS) is 20.7. The summed E-state index contributed by atoms with van der Waals surface area (Å²) in [6, 6.07) is 7.34. The second-order valence-corrected chi connectivity index (χ2v) is 22.2. The molecule has 3 aromatic rings. The van der Waals surface area contributed by atoms with Crippen molar-refractivity contribution in [1.29, 1.82) is 5.26 Å². The fraction of sp³-hybridized carbons (Fsp3) is 0.639. The molecule has 2 N–H and O–H groups in total. The molecule has 3 aliphatic rings. The summed E-state index contributed by atoms with van der Waals surface area (Å²) in [5, 5.41) is 21.2. The molecule has 1 saturated heterocycles. The molecule has 0 atom stereocenters. The number of nitriles is 1. The maximum absolute atomic E-state index is 13.6. The molecule has 0 unspecified atom stereocenters. The van der Waals surface area contributed by atoms with E-state index >= 15 is 0 Å². The molecule has 0 amide bonds. The van der Waals surface area contributed by atoms with E-state index in [-0.39, 0.29) is 35.8 Å². The van der Waals surface area contributed by atoms with Crippen LogP contribution in [0.3, 0.4) is 0 Å². The van der Waals surface area contributed by atoms with Crippen molar-refractivity contribution in [3.63, 3.8) is 0 Å². The van der Waals surface area contributed by atoms with Gasteiger partial charge in [0, 0.05) is 75.5 Å². The van der Waals surface area contributed by atoms with Crippen molar-refractivity contribution < 1.29 is 22.6 Å². The summed E-state index contributed by atoms with van der Waals surface area (Å²) in [4.78, 5) is 14.6. The first-order valence-corrected chi connectivity index (χ1v) is 21.8. The van der Waals surface area contributed by atoms with Gasteiger partial charge in [-0.05, 0) is 58.6 Å². The predicted molar refractivity (Wildman–Crippen MR) is 195 cm³/mol. The average molecular weight is 741 g/mol. The molecule has 2 aliphatic heterocycles. The van der Waals surface area contributed by atoms with Crippen molar-refractivity contribution in [2.24, 2.45) is 4.99 Å². The molecule has 2 fully saturated rings. The summed E-state index contributed by atoms with van der Waals surface area (Å²) in [6.45, 7) is 16.1. The first-order valence-electron chi connectivity index (χ1n) is 18.1. The highest BCUT2D eigenvalue weighted by molar-refractivity contribution is 6.76. The van der Waals surface area contributed by atoms with Crippen LogP contribution in [-0.4, -0.2) is 87.1 Å². The second-order valence-electron chi connectivity index (χ2n) is 16.5. The van der Waals surface area contributed by atoms with Gasteiger partial charge in [-0.3, -0.25) is 14.6 Å². The van der Waals surface area contributed by atoms with Crippen molar-refractivity contribution in [1.82, 2.24) is 34.5 Å². The first kappa shape index (κ1) is 38.0. The van der Waals surface area contributed by atoms with Gasteiger partial charge in [-0.15, -0.1) is 0 Å². The molecule has 6 rings (SSSR count). The van der Waals surface area contributed by atoms with Gasteiger partial charge in [0.2, 0.25) is 11.7 Å². The third kappa shape index (κ3) is 9.04. The van der Waals surface area contributed by atoms with E-state index in [1.165, 1.54) is 6.07 Å². The van der Waals surface area contributed by atoms with Gasteiger partial charge in [0.25, 0.3) is 0 Å². The molecule has 0 bridgehead atoms. The third-order valence-electron chi connectivity index (χ3n) is 9.93. The number of aliphatic imine (C=N–C) groups is 1. The fourth-order valence-electron chi connectivity index (χ4n) is 7.00. The smallest absolute Gasteiger partial charge is 0.451 e. The SMILES string of the molecule is CC(C)(C)NCc1cc(OC2CCC(N3CC(CC#N)(n4cc(C5=NCNc6c5ccn6COCC[Si](C)(C)C)cn4)C3)CC2)nc(C(F)(F)F)n1. The summed E-state index contributed by atoms with van der Waals surface area (Å²) in [7, 11) is -1.17. The number of ether oxygens (including phenoxy) is 2. The number of anilines is 1. The Morgan fingerprint density at radius 1 is 1.12 bits per heavy atom. The minimum absolute atomic E-state index is 0.0456. The van der Waals surface area contributed by atoms with E-state index < -0.39 is 25.6 Å². The standard InChI is InChI=1S/C36H51F3N10O2Si/c1-34(2,3)43-19-26-17-30(46-33(45-26)36(37,38)39)51-28-9-7-27(8-10-28)48-21-35(22-48,12-13-40)49-20-25(18-44-49)31-29-11-14-47(32(29)42-23-41-31)24-50-15-16-52(4,5)6/h11,14,17-18,20,27-28,42-43H,7-10,12,15-16,19,21-24H2,1-6H3. The number of hydrogen-bond donors (Lipinski definition) is 2. The van der Waals surface area contributed by atoms with E-state index in [0.29, 0.717) is 45.8 Å². The largest absolute Gasteiger partial charge is 0.474 e. The van der Waals surface area contributed by atoms with E-state index in [0.717, 1.165) is 48.1 Å². The van der Waals surface area contributed by atoms with Crippen molar-refractivity contribution in [2.75, 3.05) is 31.7 Å². The molecule has 0 spiro atoms. The number of rotatable bonds is 13. The maximum Gasteiger partial charge on any atom is 0.451 e. The molecule has 5 heterocycles. The van der Waals surface area contributed by atoms with Gasteiger partial charge in [-0.25, -0.2) is 4.98 Å². The summed E-state index contributed by atoms with van der Waals surface area (Å²) in [6.07, 6.45) is 4.34. The molecule has 3 aromatic heterocycles. The zero-order valence-corrected chi connectivity index (χ0v) is 32.1. The van der Waals surface area contributed by atoms with E-state index in [4.69, 9.17) is 19.6 Å². The van der Waals surface area contributed by atoms with E-state index in [1.54, 1.807) is 0 Å². The molecule has 1 saturated carbocycles. The summed E-state index contributed by atoms with van der Waals surface area (Å²) in [5.74, 6) is -0.259. The molecule has 16 heteroatoms. The van der Waals surface area contributed by atoms with Gasteiger partial charge >= 0.3 is 6.18 Å². The van der Waals surface area contributed by atoms with Gasteiger partial charge < -0.3 is 24.7 Å². The second kappa shape index (κ2) is 14.9. The number of alkyl halides is 3. The lowest BCUT2D eigenvalue weighted by atomic mass is 9.82. The monoisotopic (exact) mass is 740 g/mol. The van der Waals surface area contributed by atoms with Gasteiger partial charge in [-0.1, -0.05) is 19.6 Å². The molecule has 1 aliphatic carbocycles. The minimum Gasteiger partial charge on any atom is -0.474 e. The first-order chi connectivity index (χ1) is 24.5. The number of hydrogen-bond acceptors (Lipinski definition) is 10. The van der Waals surface area contributed by atoms with Crippen LogP contribution in [0, 0.1) is 11.3 Å². The zero-order valence-electron chi connectivity index (χ0n) is 31.1. The van der Waals surface area contributed by atoms with Crippen molar-refractivity contribution in [3.05, 3.63) is 53.4 Å². The molecule has 0 aromatic carbocycles. The van der Waals surface area contributed by atoms with Crippen LogP contribution in [0.2, 0.25) is 25.7 Å². The van der Waals surface area contributed by atoms with Crippen LogP contribution in [0.15, 0.2) is 35.7 Å². The molecular formula is C36H51F3N10O2Si. The molecule has 282 valence electrons. The van der Waals surface area contributed by atoms with Crippen LogP contribution in [0.5, 0.6) is 5.88 Å².